The minimum absolute atomic E-state index is 0.272. The first-order chi connectivity index (χ1) is 10.6. The molecule has 0 saturated heterocycles. The number of hydrogen-bond donors (Lipinski definition) is 0. The minimum Gasteiger partial charge on any atom is -0.461 e. The first-order valence-corrected chi connectivity index (χ1v) is 8.31. The van der Waals surface area contributed by atoms with Crippen LogP contribution in [-0.2, 0) is 4.74 Å². The van der Waals surface area contributed by atoms with Crippen LogP contribution in [0.25, 0.3) is 0 Å². The SMILES string of the molecule is O=C(OCCI)c1cccc(OC(=O)c2cccc(Cl)c2)c1. The van der Waals surface area contributed by atoms with Crippen LogP contribution in [0.2, 0.25) is 5.02 Å². The smallest absolute Gasteiger partial charge is 0.343 e. The van der Waals surface area contributed by atoms with Crippen LogP contribution in [0, 0.1) is 0 Å². The molecule has 0 radical (unpaired) electrons. The minimum atomic E-state index is -0.541. The molecule has 0 bridgehead atoms. The number of carbonyl (C=O) groups excluding carboxylic acids is 2. The summed E-state index contributed by atoms with van der Waals surface area (Å²) >= 11 is 7.95. The van der Waals surface area contributed by atoms with Gasteiger partial charge in [0.05, 0.1) is 11.1 Å². The van der Waals surface area contributed by atoms with Gasteiger partial charge in [-0.2, -0.15) is 0 Å². The highest BCUT2D eigenvalue weighted by Crippen LogP contribution is 2.17. The molecule has 0 aliphatic heterocycles. The Labute approximate surface area is 146 Å². The van der Waals surface area contributed by atoms with E-state index in [0.29, 0.717) is 27.2 Å². The van der Waals surface area contributed by atoms with Gasteiger partial charge in [-0.05, 0) is 36.4 Å². The van der Waals surface area contributed by atoms with Gasteiger partial charge in [-0.15, -0.1) is 0 Å². The summed E-state index contributed by atoms with van der Waals surface area (Å²) < 4.78 is 11.0. The van der Waals surface area contributed by atoms with E-state index in [0.717, 1.165) is 0 Å². The topological polar surface area (TPSA) is 52.6 Å². The largest absolute Gasteiger partial charge is 0.461 e. The molecule has 0 aliphatic carbocycles. The Kier molecular flexibility index (Phi) is 6.21. The van der Waals surface area contributed by atoms with Gasteiger partial charge in [0.15, 0.2) is 0 Å². The zero-order valence-electron chi connectivity index (χ0n) is 11.4. The van der Waals surface area contributed by atoms with E-state index in [1.54, 1.807) is 36.4 Å². The lowest BCUT2D eigenvalue weighted by atomic mass is 10.2. The zero-order chi connectivity index (χ0) is 15.9. The van der Waals surface area contributed by atoms with Crippen LogP contribution >= 0.6 is 34.2 Å². The summed E-state index contributed by atoms with van der Waals surface area (Å²) in [5, 5.41) is 0.450. The summed E-state index contributed by atoms with van der Waals surface area (Å²) in [4.78, 5) is 23.8. The average molecular weight is 431 g/mol. The molecule has 2 rings (SSSR count). The molecule has 0 atom stereocenters. The number of halogens is 2. The van der Waals surface area contributed by atoms with E-state index in [1.165, 1.54) is 12.1 Å². The standard InChI is InChI=1S/C16H12ClIO4/c17-13-5-1-3-11(9-13)16(20)22-14-6-2-4-12(10-14)15(19)21-8-7-18/h1-6,9-10H,7-8H2. The maximum Gasteiger partial charge on any atom is 0.343 e. The molecule has 0 saturated carbocycles. The molecule has 0 amide bonds. The fourth-order valence-corrected chi connectivity index (χ4v) is 2.09. The highest BCUT2D eigenvalue weighted by Gasteiger charge is 2.12. The summed E-state index contributed by atoms with van der Waals surface area (Å²) in [5.41, 5.74) is 0.673. The van der Waals surface area contributed by atoms with Gasteiger partial charge in [0.2, 0.25) is 0 Å². The third-order valence-corrected chi connectivity index (χ3v) is 3.33. The Balaban J connectivity index is 2.10. The third kappa shape index (κ3) is 4.71. The van der Waals surface area contributed by atoms with E-state index < -0.39 is 11.9 Å². The van der Waals surface area contributed by atoms with Crippen molar-refractivity contribution in [3.05, 3.63) is 64.7 Å². The van der Waals surface area contributed by atoms with E-state index in [2.05, 4.69) is 22.6 Å². The molecule has 0 fully saturated rings. The second-order valence-corrected chi connectivity index (χ2v) is 5.77. The van der Waals surface area contributed by atoms with Gasteiger partial charge >= 0.3 is 11.9 Å². The molecule has 0 spiro atoms. The molecule has 6 heteroatoms. The molecule has 0 heterocycles. The molecule has 114 valence electrons. The Hall–Kier alpha value is -1.60. The Morgan fingerprint density at radius 2 is 1.68 bits per heavy atom. The fourth-order valence-electron chi connectivity index (χ4n) is 1.68. The Morgan fingerprint density at radius 1 is 1.00 bits per heavy atom. The molecular formula is C16H12ClIO4. The number of hydrogen-bond acceptors (Lipinski definition) is 4. The summed E-state index contributed by atoms with van der Waals surface area (Å²) in [6.45, 7) is 0.339. The quantitative estimate of drug-likeness (QED) is 0.309. The third-order valence-electron chi connectivity index (χ3n) is 2.65. The van der Waals surface area contributed by atoms with Gasteiger partial charge < -0.3 is 9.47 Å². The van der Waals surface area contributed by atoms with E-state index in [-0.39, 0.29) is 5.75 Å². The van der Waals surface area contributed by atoms with E-state index in [4.69, 9.17) is 21.1 Å². The van der Waals surface area contributed by atoms with E-state index in [1.807, 2.05) is 0 Å². The van der Waals surface area contributed by atoms with Gasteiger partial charge in [-0.1, -0.05) is 46.3 Å². The summed E-state index contributed by atoms with van der Waals surface area (Å²) in [6, 6.07) is 12.7. The molecule has 2 aromatic rings. The van der Waals surface area contributed by atoms with Crippen molar-refractivity contribution in [1.82, 2.24) is 0 Å². The second-order valence-electron chi connectivity index (χ2n) is 4.25. The molecule has 0 N–H and O–H groups in total. The summed E-state index contributed by atoms with van der Waals surface area (Å²) in [5.74, 6) is -0.716. The Bertz CT molecular complexity index is 687. The van der Waals surface area contributed by atoms with Crippen LogP contribution in [0.3, 0.4) is 0 Å². The van der Waals surface area contributed by atoms with Crippen molar-refractivity contribution in [2.24, 2.45) is 0 Å². The lowest BCUT2D eigenvalue weighted by molar-refractivity contribution is 0.0530. The monoisotopic (exact) mass is 430 g/mol. The summed E-state index contributed by atoms with van der Waals surface area (Å²) in [6.07, 6.45) is 0. The van der Waals surface area contributed by atoms with Crippen molar-refractivity contribution in [3.8, 4) is 5.75 Å². The Morgan fingerprint density at radius 3 is 2.36 bits per heavy atom. The van der Waals surface area contributed by atoms with Crippen molar-refractivity contribution in [2.45, 2.75) is 0 Å². The van der Waals surface area contributed by atoms with Crippen molar-refractivity contribution in [3.63, 3.8) is 0 Å². The lowest BCUT2D eigenvalue weighted by Crippen LogP contribution is -2.10. The van der Waals surface area contributed by atoms with E-state index in [9.17, 15) is 9.59 Å². The van der Waals surface area contributed by atoms with Crippen LogP contribution < -0.4 is 4.74 Å². The van der Waals surface area contributed by atoms with Crippen LogP contribution in [-0.4, -0.2) is 23.0 Å². The average Bonchev–Trinajstić information content (AvgIpc) is 2.52. The molecule has 4 nitrogen and oxygen atoms in total. The molecule has 0 aromatic heterocycles. The van der Waals surface area contributed by atoms with Gasteiger partial charge in [0, 0.05) is 9.45 Å². The van der Waals surface area contributed by atoms with Crippen molar-refractivity contribution in [2.75, 3.05) is 11.0 Å². The van der Waals surface area contributed by atoms with Crippen molar-refractivity contribution in [1.29, 1.82) is 0 Å². The predicted molar refractivity (Wildman–Crippen MR) is 92.0 cm³/mol. The molecule has 0 unspecified atom stereocenters. The highest BCUT2D eigenvalue weighted by atomic mass is 127. The first-order valence-electron chi connectivity index (χ1n) is 6.41. The normalized spacial score (nSPS) is 10.1. The maximum atomic E-state index is 12.0. The van der Waals surface area contributed by atoms with Gasteiger partial charge in [-0.3, -0.25) is 0 Å². The highest BCUT2D eigenvalue weighted by molar-refractivity contribution is 14.1. The molecular weight excluding hydrogens is 419 g/mol. The number of alkyl halides is 1. The van der Waals surface area contributed by atoms with Crippen molar-refractivity contribution >= 4 is 46.1 Å². The van der Waals surface area contributed by atoms with Crippen LogP contribution in [0.15, 0.2) is 48.5 Å². The van der Waals surface area contributed by atoms with Crippen LogP contribution in [0.5, 0.6) is 5.75 Å². The second kappa shape index (κ2) is 8.14. The number of ether oxygens (including phenoxy) is 2. The van der Waals surface area contributed by atoms with Crippen molar-refractivity contribution < 1.29 is 19.1 Å². The number of benzene rings is 2. The van der Waals surface area contributed by atoms with E-state index >= 15 is 0 Å². The van der Waals surface area contributed by atoms with Crippen LogP contribution in [0.1, 0.15) is 20.7 Å². The van der Waals surface area contributed by atoms with Gasteiger partial charge in [0.1, 0.15) is 12.4 Å². The molecule has 2 aromatic carbocycles. The predicted octanol–water partition coefficient (Wildman–Crippen LogP) is 4.15. The number of carbonyl (C=O) groups is 2. The number of rotatable bonds is 5. The van der Waals surface area contributed by atoms with Gasteiger partial charge in [0.25, 0.3) is 0 Å². The maximum absolute atomic E-state index is 12.0. The summed E-state index contributed by atoms with van der Waals surface area (Å²) in [7, 11) is 0. The van der Waals surface area contributed by atoms with Crippen LogP contribution in [0.4, 0.5) is 0 Å². The lowest BCUT2D eigenvalue weighted by Gasteiger charge is -2.07. The molecule has 0 aliphatic rings. The van der Waals surface area contributed by atoms with Gasteiger partial charge in [-0.25, -0.2) is 9.59 Å². The molecule has 22 heavy (non-hydrogen) atoms. The first kappa shape index (κ1) is 16.8. The fraction of sp³-hybridized carbons (Fsp3) is 0.125. The number of esters is 2. The zero-order valence-corrected chi connectivity index (χ0v) is 14.3.